The second-order valence-electron chi connectivity index (χ2n) is 21.4. The van der Waals surface area contributed by atoms with Gasteiger partial charge < -0.3 is 37.7 Å². The Kier molecular flexibility index (Phi) is 28.4. The summed E-state index contributed by atoms with van der Waals surface area (Å²) >= 11 is 0. The van der Waals surface area contributed by atoms with Gasteiger partial charge in [0.2, 0.25) is 5.69 Å². The van der Waals surface area contributed by atoms with Gasteiger partial charge in [-0.05, 0) is 153 Å². The quantitative estimate of drug-likeness (QED) is 0.0282. The van der Waals surface area contributed by atoms with E-state index in [-0.39, 0.29) is 174 Å². The van der Waals surface area contributed by atoms with Crippen LogP contribution in [-0.4, -0.2) is 130 Å². The molecule has 30 heteroatoms. The van der Waals surface area contributed by atoms with Gasteiger partial charge in [0, 0.05) is 95.3 Å². The fourth-order valence-electron chi connectivity index (χ4n) is 11.3. The largest absolute Gasteiger partial charge is 1.00 e. The van der Waals surface area contributed by atoms with Crippen molar-refractivity contribution in [3.63, 3.8) is 0 Å². The number of carbonyl (C=O) groups is 1. The van der Waals surface area contributed by atoms with E-state index >= 15 is 4.39 Å². The molecule has 4 aromatic rings. The number of allylic oxidation sites excluding steroid dienone is 8. The molecule has 0 unspecified atom stereocenters. The minimum Gasteiger partial charge on any atom is -0.748 e. The number of nitrogens with zero attached hydrogens (tertiary/aromatic N) is 3. The zero-order chi connectivity index (χ0) is 59.7. The van der Waals surface area contributed by atoms with Gasteiger partial charge in [-0.3, -0.25) is 4.79 Å². The summed E-state index contributed by atoms with van der Waals surface area (Å²) < 4.78 is 197. The smallest absolute Gasteiger partial charge is 0.748 e. The van der Waals surface area contributed by atoms with Gasteiger partial charge in [-0.2, -0.15) is 4.58 Å². The van der Waals surface area contributed by atoms with Crippen molar-refractivity contribution in [2.24, 2.45) is 0 Å². The van der Waals surface area contributed by atoms with E-state index in [0.717, 1.165) is 17.2 Å². The second kappa shape index (κ2) is 31.1. The Morgan fingerprint density at radius 3 is 1.88 bits per heavy atom. The third-order valence-electron chi connectivity index (χ3n) is 14.9. The molecule has 0 saturated carbocycles. The Morgan fingerprint density at radius 2 is 1.31 bits per heavy atom. The maximum Gasteiger partial charge on any atom is 1.00 e. The molecule has 0 fully saturated rings. The van der Waals surface area contributed by atoms with Crippen molar-refractivity contribution < 1.29 is 202 Å². The SMILES string of the molecule is CC1(C)C(/C=C/C2=C(c3cccc(F)c3)C(=C/C=C3/N(CCCS(=O)(=O)[O-])c4ccc(N(CCCS(=O)(=O)[O-])CCCS(=O)(=O)[O-])cc4C3(C)C)/CCC2)=[N+](CCCCCC(=O)O)c2ccc3c(S(=O)(=O)[O-])cc(S(=O)(=O)[O-])cc3c21.[Na+].[Na+].[Na+].[Na+]. The first-order valence-corrected chi connectivity index (χ1v) is 33.6. The van der Waals surface area contributed by atoms with Gasteiger partial charge in [-0.15, -0.1) is 0 Å². The van der Waals surface area contributed by atoms with Gasteiger partial charge >= 0.3 is 124 Å². The van der Waals surface area contributed by atoms with E-state index < -0.39 is 100 Å². The predicted octanol–water partition coefficient (Wildman–Crippen LogP) is -4.76. The van der Waals surface area contributed by atoms with Crippen LogP contribution >= 0.6 is 0 Å². The number of benzene rings is 4. The number of unbranched alkanes of at least 4 members (excludes halogenated alkanes) is 2. The maximum atomic E-state index is 15.3. The van der Waals surface area contributed by atoms with Gasteiger partial charge in [0.05, 0.1) is 45.6 Å². The molecule has 4 aromatic carbocycles. The summed E-state index contributed by atoms with van der Waals surface area (Å²) in [6.45, 7) is 7.90. The monoisotopic (exact) mass is 1310 g/mol. The number of hydrogen-bond donors (Lipinski definition) is 1. The van der Waals surface area contributed by atoms with Crippen molar-refractivity contribution in [2.75, 3.05) is 53.2 Å². The molecule has 0 amide bonds. The standard InChI is InChI=1S/C55H66FN3O17S5.4Na/c1-54(2)45-34-41(57(26-10-30-77(62,63)64)27-11-31-78(65,66)67)20-22-46(45)58(29-12-32-79(68,69)70)49(54)24-18-37-13-8-14-38(52(37)39-15-9-16-40(56)33-39)19-25-50-55(3,4)53-44-35-42(80(71,72)73)36-48(81(74,75)76)43(44)21-23-47(53)59(50)28-7-5-6-17-51(60)61;;;;/h9,15-16,18-25,33-36H,5-8,10-14,17,26-32H2,1-4H3,(H5-,60,61,62,63,64,65,66,67,68,69,70,71,72,73,74,75,76);;;;/q;4*+1/p-4. The summed E-state index contributed by atoms with van der Waals surface area (Å²) in [4.78, 5) is 13.2. The van der Waals surface area contributed by atoms with Crippen molar-refractivity contribution >= 4 is 95.7 Å². The number of halogens is 1. The van der Waals surface area contributed by atoms with Crippen molar-refractivity contribution in [3.05, 3.63) is 130 Å². The van der Waals surface area contributed by atoms with Gasteiger partial charge in [0.1, 0.15) is 32.6 Å². The van der Waals surface area contributed by atoms with E-state index in [1.54, 1.807) is 35.2 Å². The fourth-order valence-corrected chi connectivity index (χ4v) is 14.1. The first kappa shape index (κ1) is 77.6. The maximum absolute atomic E-state index is 15.3. The van der Waals surface area contributed by atoms with E-state index in [0.29, 0.717) is 102 Å². The first-order valence-electron chi connectivity index (χ1n) is 26.0. The average Bonchev–Trinajstić information content (AvgIpc) is 3.76. The number of carboxylic acids is 1. The summed E-state index contributed by atoms with van der Waals surface area (Å²) in [7, 11) is -24.4. The fraction of sp³-hybridized carbons (Fsp3) is 0.418. The molecule has 1 aliphatic carbocycles. The number of rotatable bonds is 25. The average molecular weight is 1310 g/mol. The summed E-state index contributed by atoms with van der Waals surface area (Å²) in [5, 5.41) is 9.28. The molecule has 85 heavy (non-hydrogen) atoms. The minimum absolute atomic E-state index is 0. The second-order valence-corrected chi connectivity index (χ2v) is 28.7. The van der Waals surface area contributed by atoms with Crippen LogP contribution in [-0.2, 0) is 66.2 Å². The number of hydrogen-bond acceptors (Lipinski definition) is 18. The van der Waals surface area contributed by atoms with Crippen LogP contribution in [0.25, 0.3) is 16.3 Å². The number of anilines is 2. The van der Waals surface area contributed by atoms with Crippen molar-refractivity contribution in [2.45, 2.75) is 113 Å². The van der Waals surface area contributed by atoms with E-state index in [4.69, 9.17) is 0 Å². The molecule has 7 rings (SSSR count). The summed E-state index contributed by atoms with van der Waals surface area (Å²) in [6.07, 6.45) is 10.2. The van der Waals surface area contributed by atoms with Crippen LogP contribution < -0.4 is 128 Å². The number of aliphatic carboxylic acids is 1. The van der Waals surface area contributed by atoms with Gasteiger partial charge in [-0.25, -0.2) is 46.5 Å². The Labute approximate surface area is 586 Å². The van der Waals surface area contributed by atoms with Crippen LogP contribution in [0.15, 0.2) is 118 Å². The van der Waals surface area contributed by atoms with Crippen LogP contribution in [0.3, 0.4) is 0 Å². The molecule has 2 heterocycles. The molecular formula is C55H62FN3Na4O17S5. The first-order chi connectivity index (χ1) is 37.6. The molecule has 1 N–H and O–H groups in total. The molecule has 0 aromatic heterocycles. The summed E-state index contributed by atoms with van der Waals surface area (Å²) in [5.74, 6) is -3.53. The van der Waals surface area contributed by atoms with Crippen LogP contribution in [0, 0.1) is 5.82 Å². The Morgan fingerprint density at radius 1 is 0.682 bits per heavy atom. The molecule has 0 spiro atoms. The Bertz CT molecular complexity index is 3890. The Balaban J connectivity index is 0.00000473. The van der Waals surface area contributed by atoms with Crippen LogP contribution in [0.1, 0.15) is 109 Å². The molecular weight excluding hydrogens is 1250 g/mol. The minimum atomic E-state index is -5.31. The zero-order valence-corrected chi connectivity index (χ0v) is 61.0. The molecule has 0 atom stereocenters. The molecule has 0 bridgehead atoms. The van der Waals surface area contributed by atoms with Crippen LogP contribution in [0.4, 0.5) is 21.5 Å². The summed E-state index contributed by atoms with van der Waals surface area (Å²) in [5.41, 5.74) is 4.94. The number of fused-ring (bicyclic) bond motifs is 4. The van der Waals surface area contributed by atoms with Crippen molar-refractivity contribution in [1.29, 1.82) is 0 Å². The van der Waals surface area contributed by atoms with Crippen LogP contribution in [0.5, 0.6) is 0 Å². The predicted molar refractivity (Wildman–Crippen MR) is 298 cm³/mol. The zero-order valence-electron chi connectivity index (χ0n) is 48.9. The molecule has 0 radical (unpaired) electrons. The van der Waals surface area contributed by atoms with Gasteiger partial charge in [0.25, 0.3) is 0 Å². The van der Waals surface area contributed by atoms with Crippen LogP contribution in [0.2, 0.25) is 0 Å². The molecule has 2 aliphatic heterocycles. The Hall–Kier alpha value is -1.68. The van der Waals surface area contributed by atoms with Crippen molar-refractivity contribution in [3.8, 4) is 0 Å². The molecule has 0 saturated heterocycles. The summed E-state index contributed by atoms with van der Waals surface area (Å²) in [6, 6.07) is 15.9. The molecule has 20 nitrogen and oxygen atoms in total. The third kappa shape index (κ3) is 19.9. The topological polar surface area (TPSA) is 333 Å². The van der Waals surface area contributed by atoms with E-state index in [1.165, 1.54) is 18.2 Å². The van der Waals surface area contributed by atoms with Gasteiger partial charge in [0.15, 0.2) is 5.71 Å². The van der Waals surface area contributed by atoms with E-state index in [1.807, 2.05) is 67.5 Å². The third-order valence-corrected chi connectivity index (χ3v) is 19.0. The van der Waals surface area contributed by atoms with Crippen molar-refractivity contribution in [1.82, 2.24) is 0 Å². The van der Waals surface area contributed by atoms with Gasteiger partial charge in [-0.1, -0.05) is 38.1 Å². The van der Waals surface area contributed by atoms with E-state index in [9.17, 15) is 74.8 Å². The molecule has 3 aliphatic rings. The van der Waals surface area contributed by atoms with E-state index in [2.05, 4.69) is 0 Å². The number of carboxylic acid groups (broad SMARTS) is 1. The molecule has 440 valence electrons. The normalized spacial score (nSPS) is 16.9.